The number of carboxylic acids is 1. The maximum atomic E-state index is 13.0. The summed E-state index contributed by atoms with van der Waals surface area (Å²) in [5.41, 5.74) is 3.22. The number of imidazole rings is 1. The Labute approximate surface area is 209 Å². The summed E-state index contributed by atoms with van der Waals surface area (Å²) in [5, 5.41) is 14.4. The molecule has 2 heterocycles. The molecule has 2 aromatic heterocycles. The molecule has 6 nitrogen and oxygen atoms in total. The smallest absolute Gasteiger partial charge is 0.326 e. The zero-order valence-electron chi connectivity index (χ0n) is 20.1. The second kappa shape index (κ2) is 11.3. The average Bonchev–Trinajstić information content (AvgIpc) is 3.50. The van der Waals surface area contributed by atoms with Crippen molar-refractivity contribution in [2.75, 3.05) is 0 Å². The molecule has 182 valence electrons. The molecule has 0 bridgehead atoms. The minimum Gasteiger partial charge on any atom is -0.480 e. The van der Waals surface area contributed by atoms with Crippen LogP contribution in [0.25, 0.3) is 11.0 Å². The molecule has 1 atom stereocenters. The van der Waals surface area contributed by atoms with Crippen molar-refractivity contribution >= 4 is 34.2 Å². The van der Waals surface area contributed by atoms with Crippen LogP contribution in [0.2, 0.25) is 0 Å². The van der Waals surface area contributed by atoms with Crippen molar-refractivity contribution in [1.29, 1.82) is 0 Å². The second-order valence-corrected chi connectivity index (χ2v) is 9.75. The third-order valence-corrected chi connectivity index (χ3v) is 7.29. The SMILES string of the molecule is CCC(CC)n1c(Cc2cccs2)nc2cc(C(=O)NC(CCc3ccccc3)C(=O)O)ccc21. The number of aliphatic carboxylic acids is 1. The quantitative estimate of drug-likeness (QED) is 0.276. The van der Waals surface area contributed by atoms with Crippen molar-refractivity contribution in [3.05, 3.63) is 87.9 Å². The zero-order valence-corrected chi connectivity index (χ0v) is 20.9. The van der Waals surface area contributed by atoms with Crippen LogP contribution in [-0.4, -0.2) is 32.6 Å². The van der Waals surface area contributed by atoms with E-state index in [1.54, 1.807) is 23.5 Å². The summed E-state index contributed by atoms with van der Waals surface area (Å²) in [5.74, 6) is -0.448. The van der Waals surface area contributed by atoms with Crippen LogP contribution in [0, 0.1) is 0 Å². The molecule has 1 unspecified atom stereocenters. The molecule has 0 aliphatic carbocycles. The van der Waals surface area contributed by atoms with Gasteiger partial charge in [-0.3, -0.25) is 4.79 Å². The van der Waals surface area contributed by atoms with E-state index in [9.17, 15) is 14.7 Å². The maximum Gasteiger partial charge on any atom is 0.326 e. The number of nitrogens with zero attached hydrogens (tertiary/aromatic N) is 2. The minimum atomic E-state index is -1.04. The van der Waals surface area contributed by atoms with Gasteiger partial charge in [0.15, 0.2) is 0 Å². The lowest BCUT2D eigenvalue weighted by atomic mass is 10.0. The van der Waals surface area contributed by atoms with Crippen LogP contribution in [0.4, 0.5) is 0 Å². The van der Waals surface area contributed by atoms with E-state index in [1.807, 2.05) is 42.5 Å². The summed E-state index contributed by atoms with van der Waals surface area (Å²) in [6, 6.07) is 18.7. The lowest BCUT2D eigenvalue weighted by Gasteiger charge is -2.19. The highest BCUT2D eigenvalue weighted by Gasteiger charge is 2.22. The topological polar surface area (TPSA) is 84.2 Å². The van der Waals surface area contributed by atoms with Gasteiger partial charge in [-0.15, -0.1) is 11.3 Å². The van der Waals surface area contributed by atoms with E-state index in [1.165, 1.54) is 4.88 Å². The lowest BCUT2D eigenvalue weighted by molar-refractivity contribution is -0.139. The fraction of sp³-hybridized carbons (Fsp3) is 0.321. The summed E-state index contributed by atoms with van der Waals surface area (Å²) in [6.45, 7) is 4.36. The van der Waals surface area contributed by atoms with Crippen LogP contribution in [0.3, 0.4) is 0 Å². The molecule has 0 aliphatic heterocycles. The number of hydrogen-bond acceptors (Lipinski definition) is 4. The van der Waals surface area contributed by atoms with Gasteiger partial charge in [0.25, 0.3) is 5.91 Å². The molecule has 2 N–H and O–H groups in total. The number of amides is 1. The van der Waals surface area contributed by atoms with Crippen molar-refractivity contribution in [3.63, 3.8) is 0 Å². The number of fused-ring (bicyclic) bond motifs is 1. The first kappa shape index (κ1) is 24.7. The molecule has 0 aliphatic rings. The molecule has 7 heteroatoms. The largest absolute Gasteiger partial charge is 0.480 e. The van der Waals surface area contributed by atoms with Crippen LogP contribution in [0.5, 0.6) is 0 Å². The Balaban J connectivity index is 1.57. The number of hydrogen-bond donors (Lipinski definition) is 2. The fourth-order valence-electron chi connectivity index (χ4n) is 4.50. The summed E-state index contributed by atoms with van der Waals surface area (Å²) >= 11 is 1.71. The molecule has 1 amide bonds. The first-order chi connectivity index (χ1) is 17.0. The second-order valence-electron chi connectivity index (χ2n) is 8.72. The number of aryl methyl sites for hydroxylation is 1. The summed E-state index contributed by atoms with van der Waals surface area (Å²) in [7, 11) is 0. The highest BCUT2D eigenvalue weighted by molar-refractivity contribution is 7.09. The molecule has 0 spiro atoms. The molecule has 2 aromatic carbocycles. The van der Waals surface area contributed by atoms with E-state index in [0.29, 0.717) is 24.4 Å². The molecular weight excluding hydrogens is 458 g/mol. The first-order valence-corrected chi connectivity index (χ1v) is 13.0. The van der Waals surface area contributed by atoms with Crippen molar-refractivity contribution in [2.24, 2.45) is 0 Å². The van der Waals surface area contributed by atoms with Crippen LogP contribution in [0.15, 0.2) is 66.0 Å². The normalized spacial score (nSPS) is 12.2. The number of benzene rings is 2. The van der Waals surface area contributed by atoms with Crippen LogP contribution < -0.4 is 5.32 Å². The average molecular weight is 490 g/mol. The highest BCUT2D eigenvalue weighted by Crippen LogP contribution is 2.28. The van der Waals surface area contributed by atoms with E-state index < -0.39 is 17.9 Å². The van der Waals surface area contributed by atoms with Crippen molar-refractivity contribution in [3.8, 4) is 0 Å². The number of carbonyl (C=O) groups excluding carboxylic acids is 1. The van der Waals surface area contributed by atoms with Gasteiger partial charge in [-0.25, -0.2) is 9.78 Å². The summed E-state index contributed by atoms with van der Waals surface area (Å²) < 4.78 is 2.30. The van der Waals surface area contributed by atoms with Crippen molar-refractivity contribution < 1.29 is 14.7 Å². The van der Waals surface area contributed by atoms with Gasteiger partial charge in [0, 0.05) is 22.9 Å². The number of carbonyl (C=O) groups is 2. The van der Waals surface area contributed by atoms with Gasteiger partial charge in [-0.05, 0) is 60.9 Å². The maximum absolute atomic E-state index is 13.0. The Hall–Kier alpha value is -3.45. The number of rotatable bonds is 11. The van der Waals surface area contributed by atoms with E-state index in [-0.39, 0.29) is 0 Å². The van der Waals surface area contributed by atoms with Crippen LogP contribution >= 0.6 is 11.3 Å². The molecule has 4 rings (SSSR count). The summed E-state index contributed by atoms with van der Waals surface area (Å²) in [4.78, 5) is 31.0. The van der Waals surface area contributed by atoms with Gasteiger partial charge in [-0.2, -0.15) is 0 Å². The third kappa shape index (κ3) is 5.80. The summed E-state index contributed by atoms with van der Waals surface area (Å²) in [6.07, 6.45) is 3.61. The highest BCUT2D eigenvalue weighted by atomic mass is 32.1. The van der Waals surface area contributed by atoms with E-state index >= 15 is 0 Å². The van der Waals surface area contributed by atoms with Gasteiger partial charge in [0.1, 0.15) is 11.9 Å². The van der Waals surface area contributed by atoms with Gasteiger partial charge in [-0.1, -0.05) is 50.2 Å². The standard InChI is InChI=1S/C28H31N3O3S/c1-3-21(4-2)31-25-15-13-20(17-24(25)29-26(31)18-22-11-8-16-35-22)27(32)30-23(28(33)34)14-12-19-9-6-5-7-10-19/h5-11,13,15-17,21,23H,3-4,12,14,18H2,1-2H3,(H,30,32)(H,33,34). The first-order valence-electron chi connectivity index (χ1n) is 12.1. The molecule has 0 saturated carbocycles. The molecule has 35 heavy (non-hydrogen) atoms. The number of thiophene rings is 1. The Morgan fingerprint density at radius 2 is 1.83 bits per heavy atom. The van der Waals surface area contributed by atoms with Crippen LogP contribution in [-0.2, 0) is 17.6 Å². The molecule has 0 radical (unpaired) electrons. The number of aromatic nitrogens is 2. The molecule has 0 fully saturated rings. The van der Waals surface area contributed by atoms with Gasteiger partial charge in [0.05, 0.1) is 11.0 Å². The van der Waals surface area contributed by atoms with E-state index in [2.05, 4.69) is 35.2 Å². The predicted molar refractivity (Wildman–Crippen MR) is 140 cm³/mol. The Kier molecular flexibility index (Phi) is 7.98. The molecule has 0 saturated heterocycles. The zero-order chi connectivity index (χ0) is 24.8. The monoisotopic (exact) mass is 489 g/mol. The van der Waals surface area contributed by atoms with Gasteiger partial charge in [0.2, 0.25) is 0 Å². The fourth-order valence-corrected chi connectivity index (χ4v) is 5.20. The van der Waals surface area contributed by atoms with E-state index in [0.717, 1.165) is 41.7 Å². The predicted octanol–water partition coefficient (Wildman–Crippen LogP) is 5.87. The molecule has 4 aromatic rings. The van der Waals surface area contributed by atoms with Gasteiger partial charge < -0.3 is 15.0 Å². The van der Waals surface area contributed by atoms with Crippen molar-refractivity contribution in [1.82, 2.24) is 14.9 Å². The lowest BCUT2D eigenvalue weighted by Crippen LogP contribution is -2.41. The minimum absolute atomic E-state index is 0.321. The van der Waals surface area contributed by atoms with Crippen LogP contribution in [0.1, 0.15) is 65.8 Å². The van der Waals surface area contributed by atoms with Gasteiger partial charge >= 0.3 is 5.97 Å². The Morgan fingerprint density at radius 1 is 1.06 bits per heavy atom. The Bertz CT molecular complexity index is 1280. The van der Waals surface area contributed by atoms with Crippen molar-refractivity contribution in [2.45, 2.75) is 58.0 Å². The third-order valence-electron chi connectivity index (χ3n) is 6.41. The van der Waals surface area contributed by atoms with E-state index in [4.69, 9.17) is 4.98 Å². The number of nitrogens with one attached hydrogen (secondary N) is 1. The number of carboxylic acid groups (broad SMARTS) is 1. The Morgan fingerprint density at radius 3 is 2.49 bits per heavy atom. The molecular formula is C28H31N3O3S.